The standard InChI is InChI=1S/C14H20N2O3/c1-15-14(17)13-10-8-12(19-3)11(18-2)7-9(10)5-4-6-16-13/h7-8,13,16H,4-6H2,1-3H3,(H,15,17)/t13-/m1/s1. The predicted molar refractivity (Wildman–Crippen MR) is 72.7 cm³/mol. The van der Waals surface area contributed by atoms with Gasteiger partial charge in [0.05, 0.1) is 14.2 Å². The van der Waals surface area contributed by atoms with Gasteiger partial charge in [-0.1, -0.05) is 0 Å². The number of amides is 1. The van der Waals surface area contributed by atoms with Crippen LogP contribution in [0.2, 0.25) is 0 Å². The number of benzene rings is 1. The molecule has 19 heavy (non-hydrogen) atoms. The van der Waals surface area contributed by atoms with Crippen molar-refractivity contribution >= 4 is 5.91 Å². The number of carbonyl (C=O) groups excluding carboxylic acids is 1. The average molecular weight is 264 g/mol. The van der Waals surface area contributed by atoms with E-state index in [4.69, 9.17) is 9.47 Å². The Kier molecular flexibility index (Phi) is 4.27. The van der Waals surface area contributed by atoms with E-state index in [1.54, 1.807) is 21.3 Å². The molecule has 0 aliphatic carbocycles. The summed E-state index contributed by atoms with van der Waals surface area (Å²) in [6, 6.07) is 3.53. The molecule has 1 heterocycles. The first-order valence-corrected chi connectivity index (χ1v) is 6.41. The number of nitrogens with one attached hydrogen (secondary N) is 2. The van der Waals surface area contributed by atoms with Crippen molar-refractivity contribution < 1.29 is 14.3 Å². The van der Waals surface area contributed by atoms with Gasteiger partial charge in [0.2, 0.25) is 5.91 Å². The van der Waals surface area contributed by atoms with Crippen LogP contribution in [0.15, 0.2) is 12.1 Å². The molecule has 0 radical (unpaired) electrons. The molecule has 1 aliphatic heterocycles. The highest BCUT2D eigenvalue weighted by Crippen LogP contribution is 2.34. The second-order valence-electron chi connectivity index (χ2n) is 4.51. The smallest absolute Gasteiger partial charge is 0.241 e. The van der Waals surface area contributed by atoms with E-state index in [9.17, 15) is 4.79 Å². The first-order valence-electron chi connectivity index (χ1n) is 6.41. The first-order chi connectivity index (χ1) is 9.21. The van der Waals surface area contributed by atoms with Gasteiger partial charge in [-0.2, -0.15) is 0 Å². The van der Waals surface area contributed by atoms with Gasteiger partial charge in [-0.25, -0.2) is 0 Å². The summed E-state index contributed by atoms with van der Waals surface area (Å²) in [7, 11) is 4.87. The van der Waals surface area contributed by atoms with Gasteiger partial charge >= 0.3 is 0 Å². The average Bonchev–Trinajstić information content (AvgIpc) is 2.66. The van der Waals surface area contributed by atoms with Crippen molar-refractivity contribution in [2.45, 2.75) is 18.9 Å². The van der Waals surface area contributed by atoms with Crippen LogP contribution >= 0.6 is 0 Å². The number of ether oxygens (including phenoxy) is 2. The van der Waals surface area contributed by atoms with E-state index < -0.39 is 0 Å². The van der Waals surface area contributed by atoms with E-state index in [1.165, 1.54) is 0 Å². The molecule has 1 aromatic carbocycles. The molecule has 1 aromatic rings. The molecular weight excluding hydrogens is 244 g/mol. The molecule has 0 aromatic heterocycles. The number of carbonyl (C=O) groups is 1. The molecule has 0 unspecified atom stereocenters. The van der Waals surface area contributed by atoms with E-state index >= 15 is 0 Å². The monoisotopic (exact) mass is 264 g/mol. The molecule has 2 rings (SSSR count). The molecule has 5 nitrogen and oxygen atoms in total. The third-order valence-electron chi connectivity index (χ3n) is 3.44. The lowest BCUT2D eigenvalue weighted by atomic mass is 9.97. The van der Waals surface area contributed by atoms with Gasteiger partial charge in [-0.3, -0.25) is 4.79 Å². The zero-order chi connectivity index (χ0) is 13.8. The van der Waals surface area contributed by atoms with Crippen LogP contribution in [0.5, 0.6) is 11.5 Å². The van der Waals surface area contributed by atoms with E-state index in [0.717, 1.165) is 30.5 Å². The molecule has 1 aliphatic rings. The van der Waals surface area contributed by atoms with Gasteiger partial charge in [-0.15, -0.1) is 0 Å². The minimum absolute atomic E-state index is 0.0321. The van der Waals surface area contributed by atoms with Crippen LogP contribution in [0, 0.1) is 0 Å². The van der Waals surface area contributed by atoms with Crippen LogP contribution < -0.4 is 20.1 Å². The molecule has 104 valence electrons. The summed E-state index contributed by atoms with van der Waals surface area (Å²) in [5.74, 6) is 1.33. The van der Waals surface area contributed by atoms with E-state index in [-0.39, 0.29) is 11.9 Å². The fourth-order valence-electron chi connectivity index (χ4n) is 2.44. The molecule has 0 saturated heterocycles. The summed E-state index contributed by atoms with van der Waals surface area (Å²) >= 11 is 0. The summed E-state index contributed by atoms with van der Waals surface area (Å²) < 4.78 is 10.6. The topological polar surface area (TPSA) is 59.6 Å². The van der Waals surface area contributed by atoms with Gasteiger partial charge in [0.25, 0.3) is 0 Å². The molecule has 2 N–H and O–H groups in total. The second-order valence-corrected chi connectivity index (χ2v) is 4.51. The Bertz CT molecular complexity index is 474. The van der Waals surface area contributed by atoms with E-state index in [2.05, 4.69) is 10.6 Å². The van der Waals surface area contributed by atoms with Gasteiger partial charge < -0.3 is 20.1 Å². The molecule has 0 bridgehead atoms. The molecule has 1 atom stereocenters. The molecule has 0 fully saturated rings. The van der Waals surface area contributed by atoms with Crippen LogP contribution in [-0.4, -0.2) is 33.7 Å². The predicted octanol–water partition coefficient (Wildman–Crippen LogP) is 1.03. The molecule has 5 heteroatoms. The minimum Gasteiger partial charge on any atom is -0.493 e. The van der Waals surface area contributed by atoms with Gasteiger partial charge in [0, 0.05) is 7.05 Å². The number of rotatable bonds is 3. The largest absolute Gasteiger partial charge is 0.493 e. The van der Waals surface area contributed by atoms with Crippen LogP contribution in [0.4, 0.5) is 0 Å². The first kappa shape index (κ1) is 13.7. The van der Waals surface area contributed by atoms with Gasteiger partial charge in [-0.05, 0) is 42.6 Å². The maximum Gasteiger partial charge on any atom is 0.241 e. The Morgan fingerprint density at radius 1 is 1.32 bits per heavy atom. The molecule has 0 spiro atoms. The zero-order valence-corrected chi connectivity index (χ0v) is 11.6. The maximum absolute atomic E-state index is 12.0. The molecule has 0 saturated carbocycles. The minimum atomic E-state index is -0.331. The van der Waals surface area contributed by atoms with E-state index in [0.29, 0.717) is 11.5 Å². The van der Waals surface area contributed by atoms with Crippen molar-refractivity contribution in [3.63, 3.8) is 0 Å². The summed E-state index contributed by atoms with van der Waals surface area (Å²) in [4.78, 5) is 12.0. The lowest BCUT2D eigenvalue weighted by Crippen LogP contribution is -2.35. The molecule has 1 amide bonds. The van der Waals surface area contributed by atoms with Crippen LogP contribution in [0.1, 0.15) is 23.6 Å². The quantitative estimate of drug-likeness (QED) is 0.856. The van der Waals surface area contributed by atoms with Crippen molar-refractivity contribution in [2.75, 3.05) is 27.8 Å². The maximum atomic E-state index is 12.0. The summed E-state index contributed by atoms with van der Waals surface area (Å²) in [5, 5.41) is 5.96. The van der Waals surface area contributed by atoms with Crippen LogP contribution in [0.3, 0.4) is 0 Å². The Morgan fingerprint density at radius 3 is 2.63 bits per heavy atom. The normalized spacial score (nSPS) is 18.2. The number of likely N-dealkylation sites (N-methyl/N-ethyl adjacent to an activating group) is 1. The number of methoxy groups -OCH3 is 2. The summed E-state index contributed by atoms with van der Waals surface area (Å²) in [5.41, 5.74) is 2.10. The van der Waals surface area contributed by atoms with Crippen molar-refractivity contribution in [1.29, 1.82) is 0 Å². The third-order valence-corrected chi connectivity index (χ3v) is 3.44. The second kappa shape index (κ2) is 5.93. The van der Waals surface area contributed by atoms with Crippen molar-refractivity contribution in [1.82, 2.24) is 10.6 Å². The fraction of sp³-hybridized carbons (Fsp3) is 0.500. The fourth-order valence-corrected chi connectivity index (χ4v) is 2.44. The SMILES string of the molecule is CNC(=O)[C@@H]1NCCCc2cc(OC)c(OC)cc21. The zero-order valence-electron chi connectivity index (χ0n) is 11.6. The number of hydrogen-bond donors (Lipinski definition) is 2. The Hall–Kier alpha value is -1.75. The number of hydrogen-bond acceptors (Lipinski definition) is 4. The van der Waals surface area contributed by atoms with E-state index in [1.807, 2.05) is 12.1 Å². The van der Waals surface area contributed by atoms with Gasteiger partial charge in [0.1, 0.15) is 6.04 Å². The highest BCUT2D eigenvalue weighted by atomic mass is 16.5. The Labute approximate surface area is 113 Å². The Morgan fingerprint density at radius 2 is 2.00 bits per heavy atom. The lowest BCUT2D eigenvalue weighted by Gasteiger charge is -2.19. The van der Waals surface area contributed by atoms with Gasteiger partial charge in [0.15, 0.2) is 11.5 Å². The van der Waals surface area contributed by atoms with Crippen molar-refractivity contribution in [3.05, 3.63) is 23.3 Å². The van der Waals surface area contributed by atoms with Crippen molar-refractivity contribution in [3.8, 4) is 11.5 Å². The highest BCUT2D eigenvalue weighted by molar-refractivity contribution is 5.83. The van der Waals surface area contributed by atoms with Crippen molar-refractivity contribution in [2.24, 2.45) is 0 Å². The Balaban J connectivity index is 2.50. The summed E-state index contributed by atoms with van der Waals surface area (Å²) in [6.45, 7) is 0.817. The lowest BCUT2D eigenvalue weighted by molar-refractivity contribution is -0.122. The number of fused-ring (bicyclic) bond motifs is 1. The highest BCUT2D eigenvalue weighted by Gasteiger charge is 2.25. The van der Waals surface area contributed by atoms with Crippen LogP contribution in [0.25, 0.3) is 0 Å². The summed E-state index contributed by atoms with van der Waals surface area (Å²) in [6.07, 6.45) is 1.92. The third kappa shape index (κ3) is 2.66. The van der Waals surface area contributed by atoms with Crippen LogP contribution in [-0.2, 0) is 11.2 Å². The molecular formula is C14H20N2O3. The number of aryl methyl sites for hydroxylation is 1.